The summed E-state index contributed by atoms with van der Waals surface area (Å²) in [6.07, 6.45) is 0.670. The monoisotopic (exact) mass is 371 g/mol. The molecule has 0 aliphatic rings. The van der Waals surface area contributed by atoms with Gasteiger partial charge in [-0.15, -0.1) is 16.9 Å². The molecule has 1 heterocycles. The minimum Gasteiger partial charge on any atom is -0.355 e. The second-order valence-electron chi connectivity index (χ2n) is 5.56. The zero-order chi connectivity index (χ0) is 18.2. The Kier molecular flexibility index (Phi) is 6.32. The molecule has 6 nitrogen and oxygen atoms in total. The number of thioether (sulfide) groups is 1. The second-order valence-corrected chi connectivity index (χ2v) is 6.55. The average Bonchev–Trinajstić information content (AvgIpc) is 3.13. The van der Waals surface area contributed by atoms with Gasteiger partial charge in [0, 0.05) is 6.54 Å². The number of benzene rings is 2. The van der Waals surface area contributed by atoms with E-state index in [4.69, 9.17) is 0 Å². The number of nitrogens with one attached hydrogen (secondary N) is 1. The number of carbonyl (C=O) groups is 1. The summed E-state index contributed by atoms with van der Waals surface area (Å²) in [4.78, 5) is 11.9. The topological polar surface area (TPSA) is 72.7 Å². The summed E-state index contributed by atoms with van der Waals surface area (Å²) >= 11 is 1.45. The third-order valence-electron chi connectivity index (χ3n) is 3.65. The van der Waals surface area contributed by atoms with Gasteiger partial charge in [-0.05, 0) is 46.7 Å². The Morgan fingerprint density at radius 1 is 1.12 bits per heavy atom. The van der Waals surface area contributed by atoms with Crippen LogP contribution in [0.15, 0.2) is 54.6 Å². The third-order valence-corrected chi connectivity index (χ3v) is 4.58. The molecule has 0 fully saturated rings. The van der Waals surface area contributed by atoms with Crippen LogP contribution >= 0.6 is 11.8 Å². The molecular formula is C18H18FN5OS. The molecular weight excluding hydrogens is 353 g/mol. The Morgan fingerprint density at radius 2 is 1.88 bits per heavy atom. The number of carbonyl (C=O) groups excluding carboxylic acids is 1. The molecule has 8 heteroatoms. The number of tetrazole rings is 1. The van der Waals surface area contributed by atoms with Crippen LogP contribution in [0.5, 0.6) is 0 Å². The van der Waals surface area contributed by atoms with E-state index in [1.165, 1.54) is 23.9 Å². The maximum Gasteiger partial charge on any atom is 0.230 e. The molecule has 1 aromatic heterocycles. The van der Waals surface area contributed by atoms with Crippen LogP contribution in [0.2, 0.25) is 0 Å². The summed E-state index contributed by atoms with van der Waals surface area (Å²) < 4.78 is 14.5. The summed E-state index contributed by atoms with van der Waals surface area (Å²) in [5.41, 5.74) is 1.87. The average molecular weight is 371 g/mol. The fraction of sp³-hybridized carbons (Fsp3) is 0.222. The Balaban J connectivity index is 1.40. The van der Waals surface area contributed by atoms with Crippen molar-refractivity contribution in [3.05, 3.63) is 71.8 Å². The molecule has 1 N–H and O–H groups in total. The van der Waals surface area contributed by atoms with E-state index < -0.39 is 0 Å². The van der Waals surface area contributed by atoms with Crippen LogP contribution in [0.3, 0.4) is 0 Å². The fourth-order valence-corrected chi connectivity index (χ4v) is 3.10. The maximum atomic E-state index is 12.8. The van der Waals surface area contributed by atoms with Crippen molar-refractivity contribution in [3.8, 4) is 5.69 Å². The van der Waals surface area contributed by atoms with E-state index in [1.54, 1.807) is 16.8 Å². The van der Waals surface area contributed by atoms with Crippen molar-refractivity contribution in [1.82, 2.24) is 25.5 Å². The number of rotatable bonds is 8. The zero-order valence-electron chi connectivity index (χ0n) is 14.0. The van der Waals surface area contributed by atoms with Crippen LogP contribution in [0.4, 0.5) is 4.39 Å². The summed E-state index contributed by atoms with van der Waals surface area (Å²) in [5.74, 6) is 1.25. The third kappa shape index (κ3) is 5.13. The summed E-state index contributed by atoms with van der Waals surface area (Å²) in [6, 6.07) is 15.9. The van der Waals surface area contributed by atoms with Gasteiger partial charge in [0.2, 0.25) is 5.91 Å². The van der Waals surface area contributed by atoms with Gasteiger partial charge in [0.1, 0.15) is 5.82 Å². The molecule has 0 bridgehead atoms. The molecule has 3 aromatic rings. The molecule has 0 radical (unpaired) electrons. The lowest BCUT2D eigenvalue weighted by molar-refractivity contribution is -0.118. The minimum absolute atomic E-state index is 0.0455. The lowest BCUT2D eigenvalue weighted by atomic mass is 10.1. The molecule has 0 saturated heterocycles. The SMILES string of the molecule is O=C(CSCc1nnnn1-c1ccccc1)NCCc1ccc(F)cc1. The van der Waals surface area contributed by atoms with E-state index in [0.29, 0.717) is 30.3 Å². The van der Waals surface area contributed by atoms with Crippen molar-refractivity contribution in [2.45, 2.75) is 12.2 Å². The van der Waals surface area contributed by atoms with Gasteiger partial charge in [0.25, 0.3) is 0 Å². The van der Waals surface area contributed by atoms with Gasteiger partial charge in [0.05, 0.1) is 17.2 Å². The molecule has 0 unspecified atom stereocenters. The molecule has 0 aliphatic heterocycles. The Bertz CT molecular complexity index is 838. The first-order valence-electron chi connectivity index (χ1n) is 8.14. The molecule has 0 saturated carbocycles. The van der Waals surface area contributed by atoms with Gasteiger partial charge in [0.15, 0.2) is 5.82 Å². The van der Waals surface area contributed by atoms with Gasteiger partial charge in [-0.1, -0.05) is 30.3 Å². The quantitative estimate of drug-likeness (QED) is 0.658. The molecule has 0 aliphatic carbocycles. The minimum atomic E-state index is -0.257. The van der Waals surface area contributed by atoms with Crippen molar-refractivity contribution >= 4 is 17.7 Å². The van der Waals surface area contributed by atoms with Gasteiger partial charge in [-0.3, -0.25) is 4.79 Å². The highest BCUT2D eigenvalue weighted by atomic mass is 32.2. The Hall–Kier alpha value is -2.74. The fourth-order valence-electron chi connectivity index (χ4n) is 2.35. The summed E-state index contributed by atoms with van der Waals surface area (Å²) in [5, 5.41) is 14.6. The van der Waals surface area contributed by atoms with Gasteiger partial charge in [-0.2, -0.15) is 4.68 Å². The predicted molar refractivity (Wildman–Crippen MR) is 98.4 cm³/mol. The van der Waals surface area contributed by atoms with Crippen molar-refractivity contribution in [3.63, 3.8) is 0 Å². The normalized spacial score (nSPS) is 10.7. The first-order chi connectivity index (χ1) is 12.7. The highest BCUT2D eigenvalue weighted by molar-refractivity contribution is 7.99. The molecule has 1 amide bonds. The van der Waals surface area contributed by atoms with Crippen molar-refractivity contribution in [2.24, 2.45) is 0 Å². The van der Waals surface area contributed by atoms with Crippen LogP contribution in [0.25, 0.3) is 5.69 Å². The number of hydrogen-bond donors (Lipinski definition) is 1. The van der Waals surface area contributed by atoms with Crippen LogP contribution in [-0.4, -0.2) is 38.4 Å². The van der Waals surface area contributed by atoms with Crippen molar-refractivity contribution in [1.29, 1.82) is 0 Å². The van der Waals surface area contributed by atoms with Crippen LogP contribution in [0.1, 0.15) is 11.4 Å². The first-order valence-corrected chi connectivity index (χ1v) is 9.29. The van der Waals surface area contributed by atoms with Crippen molar-refractivity contribution < 1.29 is 9.18 Å². The number of aromatic nitrogens is 4. The van der Waals surface area contributed by atoms with E-state index >= 15 is 0 Å². The molecule has 0 atom stereocenters. The molecule has 2 aromatic carbocycles. The van der Waals surface area contributed by atoms with Crippen LogP contribution in [-0.2, 0) is 17.0 Å². The standard InChI is InChI=1S/C18H18FN5OS/c19-15-8-6-14(7-9-15)10-11-20-18(25)13-26-12-17-21-22-23-24(17)16-4-2-1-3-5-16/h1-9H,10-13H2,(H,20,25). The summed E-state index contributed by atoms with van der Waals surface area (Å²) in [7, 11) is 0. The van der Waals surface area contributed by atoms with E-state index in [2.05, 4.69) is 20.8 Å². The van der Waals surface area contributed by atoms with Crippen LogP contribution in [0, 0.1) is 5.82 Å². The zero-order valence-corrected chi connectivity index (χ0v) is 14.8. The summed E-state index contributed by atoms with van der Waals surface area (Å²) in [6.45, 7) is 0.521. The predicted octanol–water partition coefficient (Wildman–Crippen LogP) is 2.39. The van der Waals surface area contributed by atoms with E-state index in [-0.39, 0.29) is 11.7 Å². The van der Waals surface area contributed by atoms with E-state index in [0.717, 1.165) is 11.3 Å². The van der Waals surface area contributed by atoms with Crippen molar-refractivity contribution in [2.75, 3.05) is 12.3 Å². The number of para-hydroxylation sites is 1. The molecule has 134 valence electrons. The second kappa shape index (κ2) is 9.10. The first kappa shape index (κ1) is 18.1. The lowest BCUT2D eigenvalue weighted by Gasteiger charge is -2.06. The Morgan fingerprint density at radius 3 is 2.65 bits per heavy atom. The molecule has 26 heavy (non-hydrogen) atoms. The number of nitrogens with zero attached hydrogens (tertiary/aromatic N) is 4. The number of hydrogen-bond acceptors (Lipinski definition) is 5. The van der Waals surface area contributed by atoms with Gasteiger partial charge >= 0.3 is 0 Å². The number of amides is 1. The van der Waals surface area contributed by atoms with Gasteiger partial charge in [-0.25, -0.2) is 4.39 Å². The largest absolute Gasteiger partial charge is 0.355 e. The highest BCUT2D eigenvalue weighted by Crippen LogP contribution is 2.13. The Labute approximate surface area is 154 Å². The number of halogens is 1. The maximum absolute atomic E-state index is 12.8. The highest BCUT2D eigenvalue weighted by Gasteiger charge is 2.09. The van der Waals surface area contributed by atoms with E-state index in [1.807, 2.05) is 30.3 Å². The smallest absolute Gasteiger partial charge is 0.230 e. The van der Waals surface area contributed by atoms with Gasteiger partial charge < -0.3 is 5.32 Å². The lowest BCUT2D eigenvalue weighted by Crippen LogP contribution is -2.27. The molecule has 3 rings (SSSR count). The molecule has 0 spiro atoms. The van der Waals surface area contributed by atoms with E-state index in [9.17, 15) is 9.18 Å². The van der Waals surface area contributed by atoms with Crippen LogP contribution < -0.4 is 5.32 Å².